The zero-order chi connectivity index (χ0) is 13.8. The summed E-state index contributed by atoms with van der Waals surface area (Å²) in [5, 5.41) is 3.88. The molecule has 2 rings (SSSR count). The minimum absolute atomic E-state index is 0.0140. The molecule has 100 valence electrons. The molecule has 0 N–H and O–H groups in total. The first kappa shape index (κ1) is 13.6. The van der Waals surface area contributed by atoms with E-state index in [-0.39, 0.29) is 18.0 Å². The van der Waals surface area contributed by atoms with Gasteiger partial charge in [-0.3, -0.25) is 4.79 Å². The number of hydrogen-bond acceptors (Lipinski definition) is 5. The van der Waals surface area contributed by atoms with Crippen LogP contribution in [-0.2, 0) is 12.8 Å². The first-order chi connectivity index (χ1) is 9.17. The van der Waals surface area contributed by atoms with Crippen LogP contribution in [0, 0.1) is 5.82 Å². The predicted octanol–water partition coefficient (Wildman–Crippen LogP) is 2.67. The molecule has 0 unspecified atom stereocenters. The Morgan fingerprint density at radius 1 is 1.47 bits per heavy atom. The fourth-order valence-corrected chi connectivity index (χ4v) is 2.44. The number of methoxy groups -OCH3 is 1. The van der Waals surface area contributed by atoms with Crippen LogP contribution in [0.25, 0.3) is 0 Å². The molecule has 4 nitrogen and oxygen atoms in total. The van der Waals surface area contributed by atoms with Gasteiger partial charge < -0.3 is 4.74 Å². The number of rotatable bonds is 5. The summed E-state index contributed by atoms with van der Waals surface area (Å²) < 4.78 is 22.6. The predicted molar refractivity (Wildman–Crippen MR) is 70.3 cm³/mol. The fourth-order valence-electron chi connectivity index (χ4n) is 1.76. The van der Waals surface area contributed by atoms with E-state index < -0.39 is 5.82 Å². The number of aryl methyl sites for hydroxylation is 1. The first-order valence-electron chi connectivity index (χ1n) is 5.83. The normalized spacial score (nSPS) is 10.5. The molecule has 0 radical (unpaired) electrons. The third-order valence-electron chi connectivity index (χ3n) is 2.76. The molecular formula is C13H13FN2O2S. The lowest BCUT2D eigenvalue weighted by Crippen LogP contribution is -2.06. The number of aromatic nitrogens is 2. The standard InChI is InChI=1S/C13H13FN2O2S/c1-3-9-13(19-16-15-9)10(17)7-8-5-4-6-11(18-2)12(8)14/h4-6H,3,7H2,1-2H3. The third kappa shape index (κ3) is 2.78. The second kappa shape index (κ2) is 5.88. The van der Waals surface area contributed by atoms with Crippen molar-refractivity contribution < 1.29 is 13.9 Å². The van der Waals surface area contributed by atoms with Gasteiger partial charge in [-0.15, -0.1) is 5.10 Å². The van der Waals surface area contributed by atoms with Gasteiger partial charge in [-0.2, -0.15) is 0 Å². The Balaban J connectivity index is 2.24. The van der Waals surface area contributed by atoms with Crippen LogP contribution in [0.2, 0.25) is 0 Å². The van der Waals surface area contributed by atoms with Crippen molar-refractivity contribution in [3.05, 3.63) is 40.2 Å². The molecule has 0 saturated carbocycles. The quantitative estimate of drug-likeness (QED) is 0.790. The molecule has 0 aliphatic rings. The zero-order valence-corrected chi connectivity index (χ0v) is 11.5. The number of carbonyl (C=O) groups excluding carboxylic acids is 1. The number of ketones is 1. The molecule has 0 spiro atoms. The van der Waals surface area contributed by atoms with E-state index in [2.05, 4.69) is 9.59 Å². The van der Waals surface area contributed by atoms with Crippen molar-refractivity contribution in [2.75, 3.05) is 7.11 Å². The Morgan fingerprint density at radius 2 is 2.26 bits per heavy atom. The van der Waals surface area contributed by atoms with Gasteiger partial charge in [0.05, 0.1) is 12.8 Å². The van der Waals surface area contributed by atoms with Crippen LogP contribution in [0.15, 0.2) is 18.2 Å². The molecule has 0 saturated heterocycles. The smallest absolute Gasteiger partial charge is 0.180 e. The molecular weight excluding hydrogens is 267 g/mol. The molecule has 1 aromatic heterocycles. The first-order valence-corrected chi connectivity index (χ1v) is 6.60. The largest absolute Gasteiger partial charge is 0.494 e. The summed E-state index contributed by atoms with van der Waals surface area (Å²) in [6, 6.07) is 4.76. The van der Waals surface area contributed by atoms with Gasteiger partial charge in [0, 0.05) is 6.42 Å². The molecule has 2 aromatic rings. The summed E-state index contributed by atoms with van der Waals surface area (Å²) in [7, 11) is 1.40. The number of benzene rings is 1. The molecule has 1 heterocycles. The number of carbonyl (C=O) groups is 1. The van der Waals surface area contributed by atoms with E-state index in [9.17, 15) is 9.18 Å². The van der Waals surface area contributed by atoms with Crippen molar-refractivity contribution in [2.24, 2.45) is 0 Å². The number of hydrogen-bond donors (Lipinski definition) is 0. The van der Waals surface area contributed by atoms with Crippen LogP contribution < -0.4 is 4.74 Å². The maximum Gasteiger partial charge on any atom is 0.180 e. The fraction of sp³-hybridized carbons (Fsp3) is 0.308. The number of nitrogens with zero attached hydrogens (tertiary/aromatic N) is 2. The minimum atomic E-state index is -0.492. The highest BCUT2D eigenvalue weighted by molar-refractivity contribution is 7.08. The number of ether oxygens (including phenoxy) is 1. The Labute approximate surface area is 114 Å². The van der Waals surface area contributed by atoms with Crippen LogP contribution >= 0.6 is 11.5 Å². The van der Waals surface area contributed by atoms with Crippen molar-refractivity contribution >= 4 is 17.3 Å². The van der Waals surface area contributed by atoms with Crippen molar-refractivity contribution in [3.63, 3.8) is 0 Å². The molecule has 0 aliphatic carbocycles. The van der Waals surface area contributed by atoms with Gasteiger partial charge >= 0.3 is 0 Å². The summed E-state index contributed by atoms with van der Waals surface area (Å²) in [5.74, 6) is -0.517. The minimum Gasteiger partial charge on any atom is -0.494 e. The third-order valence-corrected chi connectivity index (χ3v) is 3.57. The second-order valence-corrected chi connectivity index (χ2v) is 4.69. The SMILES string of the molecule is CCc1nnsc1C(=O)Cc1cccc(OC)c1F. The lowest BCUT2D eigenvalue weighted by atomic mass is 10.1. The lowest BCUT2D eigenvalue weighted by Gasteiger charge is -2.06. The highest BCUT2D eigenvalue weighted by Gasteiger charge is 2.18. The van der Waals surface area contributed by atoms with Crippen molar-refractivity contribution in [1.29, 1.82) is 0 Å². The van der Waals surface area contributed by atoms with E-state index >= 15 is 0 Å². The van der Waals surface area contributed by atoms with Crippen molar-refractivity contribution in [2.45, 2.75) is 19.8 Å². The second-order valence-electron chi connectivity index (χ2n) is 3.94. The summed E-state index contributed by atoms with van der Waals surface area (Å²) in [6.45, 7) is 1.90. The Hall–Kier alpha value is -1.82. The zero-order valence-electron chi connectivity index (χ0n) is 10.6. The van der Waals surface area contributed by atoms with Crippen LogP contribution in [0.5, 0.6) is 5.75 Å². The summed E-state index contributed by atoms with van der Waals surface area (Å²) in [4.78, 5) is 12.6. The molecule has 0 aliphatic heterocycles. The maximum atomic E-state index is 14.0. The monoisotopic (exact) mass is 280 g/mol. The van der Waals surface area contributed by atoms with E-state index in [1.54, 1.807) is 12.1 Å². The Bertz CT molecular complexity index is 598. The summed E-state index contributed by atoms with van der Waals surface area (Å²) in [6.07, 6.45) is 0.623. The van der Waals surface area contributed by atoms with Gasteiger partial charge in [0.15, 0.2) is 17.3 Å². The van der Waals surface area contributed by atoms with Gasteiger partial charge in [0.2, 0.25) is 0 Å². The van der Waals surface area contributed by atoms with E-state index in [0.29, 0.717) is 22.6 Å². The molecule has 1 aromatic carbocycles. The average molecular weight is 280 g/mol. The molecule has 0 bridgehead atoms. The maximum absolute atomic E-state index is 14.0. The summed E-state index contributed by atoms with van der Waals surface area (Å²) >= 11 is 1.05. The highest BCUT2D eigenvalue weighted by Crippen LogP contribution is 2.22. The molecule has 0 amide bonds. The average Bonchev–Trinajstić information content (AvgIpc) is 2.89. The Kier molecular flexibility index (Phi) is 4.21. The van der Waals surface area contributed by atoms with E-state index in [4.69, 9.17) is 4.74 Å². The topological polar surface area (TPSA) is 52.1 Å². The van der Waals surface area contributed by atoms with Gasteiger partial charge in [-0.1, -0.05) is 23.5 Å². The molecule has 19 heavy (non-hydrogen) atoms. The van der Waals surface area contributed by atoms with Crippen LogP contribution in [0.1, 0.15) is 27.9 Å². The van der Waals surface area contributed by atoms with Crippen LogP contribution in [0.4, 0.5) is 4.39 Å². The van der Waals surface area contributed by atoms with Crippen LogP contribution in [0.3, 0.4) is 0 Å². The van der Waals surface area contributed by atoms with E-state index in [1.807, 2.05) is 6.92 Å². The van der Waals surface area contributed by atoms with Gasteiger partial charge in [-0.25, -0.2) is 4.39 Å². The van der Waals surface area contributed by atoms with Crippen LogP contribution in [-0.4, -0.2) is 22.5 Å². The van der Waals surface area contributed by atoms with Gasteiger partial charge in [0.1, 0.15) is 4.88 Å². The van der Waals surface area contributed by atoms with Crippen molar-refractivity contribution in [3.8, 4) is 5.75 Å². The van der Waals surface area contributed by atoms with Gasteiger partial charge in [-0.05, 0) is 29.6 Å². The lowest BCUT2D eigenvalue weighted by molar-refractivity contribution is 0.0994. The molecule has 0 fully saturated rings. The van der Waals surface area contributed by atoms with Gasteiger partial charge in [0.25, 0.3) is 0 Å². The van der Waals surface area contributed by atoms with E-state index in [1.165, 1.54) is 13.2 Å². The molecule has 0 atom stereocenters. The molecule has 6 heteroatoms. The Morgan fingerprint density at radius 3 is 2.95 bits per heavy atom. The highest BCUT2D eigenvalue weighted by atomic mass is 32.1. The number of Topliss-reactive ketones (excluding diaryl/α,β-unsaturated/α-hetero) is 1. The van der Waals surface area contributed by atoms with E-state index in [0.717, 1.165) is 11.5 Å². The van der Waals surface area contributed by atoms with Crippen molar-refractivity contribution in [1.82, 2.24) is 9.59 Å². The summed E-state index contributed by atoms with van der Waals surface area (Å²) in [5.41, 5.74) is 0.984. The number of halogens is 1.